The minimum atomic E-state index is -4.63. The molecule has 0 aliphatic heterocycles. The number of hydrogen-bond acceptors (Lipinski definition) is 6. The number of Topliss-reactive ketones (excluding diaryl/α,β-unsaturated/α-hetero) is 1. The van der Waals surface area contributed by atoms with Gasteiger partial charge in [-0.1, -0.05) is 11.8 Å². The van der Waals surface area contributed by atoms with Crippen molar-refractivity contribution >= 4 is 27.6 Å². The number of hydrogen-bond donors (Lipinski definition) is 1. The predicted octanol–water partition coefficient (Wildman–Crippen LogP) is 2.86. The molecular weight excluding hydrogens is 455 g/mol. The summed E-state index contributed by atoms with van der Waals surface area (Å²) in [6.07, 6.45) is -4.63. The number of benzene rings is 1. The van der Waals surface area contributed by atoms with Gasteiger partial charge in [-0.15, -0.1) is 10.2 Å². The Kier molecular flexibility index (Phi) is 6.04. The van der Waals surface area contributed by atoms with Gasteiger partial charge in [-0.05, 0) is 44.2 Å². The van der Waals surface area contributed by atoms with E-state index in [9.17, 15) is 26.4 Å². The molecule has 8 nitrogen and oxygen atoms in total. The van der Waals surface area contributed by atoms with Crippen LogP contribution < -0.4 is 5.14 Å². The zero-order valence-corrected chi connectivity index (χ0v) is 18.3. The highest BCUT2D eigenvalue weighted by Crippen LogP contribution is 2.30. The molecule has 0 amide bonds. The highest BCUT2D eigenvalue weighted by Gasteiger charge is 2.37. The number of ketones is 1. The summed E-state index contributed by atoms with van der Waals surface area (Å²) in [5.74, 6) is -1.55. The molecule has 0 saturated carbocycles. The first-order valence-electron chi connectivity index (χ1n) is 8.75. The quantitative estimate of drug-likeness (QED) is 0.435. The highest BCUT2D eigenvalue weighted by molar-refractivity contribution is 7.99. The van der Waals surface area contributed by atoms with Crippen molar-refractivity contribution in [2.24, 2.45) is 12.2 Å². The van der Waals surface area contributed by atoms with E-state index in [1.165, 1.54) is 19.2 Å². The third kappa shape index (κ3) is 4.67. The van der Waals surface area contributed by atoms with Crippen molar-refractivity contribution in [1.29, 1.82) is 0 Å². The zero-order chi connectivity index (χ0) is 23.1. The third-order valence-electron chi connectivity index (χ3n) is 4.58. The lowest BCUT2D eigenvalue weighted by molar-refractivity contribution is -0.147. The van der Waals surface area contributed by atoms with E-state index in [-0.39, 0.29) is 21.6 Å². The molecule has 2 aromatic heterocycles. The van der Waals surface area contributed by atoms with Gasteiger partial charge in [0.05, 0.1) is 10.6 Å². The molecule has 0 bridgehead atoms. The maximum atomic E-state index is 12.8. The molecule has 0 fully saturated rings. The maximum Gasteiger partial charge on any atom is 0.451 e. The molecule has 0 radical (unpaired) electrons. The van der Waals surface area contributed by atoms with Crippen LogP contribution in [0.4, 0.5) is 13.2 Å². The van der Waals surface area contributed by atoms with Gasteiger partial charge in [0.15, 0.2) is 10.9 Å². The van der Waals surface area contributed by atoms with Gasteiger partial charge in [0.2, 0.25) is 15.8 Å². The lowest BCUT2D eigenvalue weighted by atomic mass is 10.2. The number of sulfonamides is 1. The Morgan fingerprint density at radius 2 is 1.77 bits per heavy atom. The van der Waals surface area contributed by atoms with Crippen LogP contribution in [0.2, 0.25) is 0 Å². The Morgan fingerprint density at radius 1 is 1.16 bits per heavy atom. The molecule has 0 aliphatic rings. The monoisotopic (exact) mass is 473 g/mol. The van der Waals surface area contributed by atoms with Crippen molar-refractivity contribution in [3.05, 3.63) is 53.1 Å². The molecule has 0 atom stereocenters. The van der Waals surface area contributed by atoms with Crippen LogP contribution in [0.25, 0.3) is 5.69 Å². The van der Waals surface area contributed by atoms with Crippen molar-refractivity contribution in [1.82, 2.24) is 19.3 Å². The number of rotatable bonds is 6. The number of thioether (sulfide) groups is 1. The number of carbonyl (C=O) groups excluding carboxylic acids is 1. The van der Waals surface area contributed by atoms with E-state index in [0.717, 1.165) is 22.0 Å². The van der Waals surface area contributed by atoms with Crippen LogP contribution in [0.1, 0.15) is 27.6 Å². The average Bonchev–Trinajstić information content (AvgIpc) is 3.18. The molecule has 2 N–H and O–H groups in total. The lowest BCUT2D eigenvalue weighted by Crippen LogP contribution is -2.13. The summed E-state index contributed by atoms with van der Waals surface area (Å²) in [7, 11) is -2.64. The van der Waals surface area contributed by atoms with Gasteiger partial charge in [0.1, 0.15) is 0 Å². The summed E-state index contributed by atoms with van der Waals surface area (Å²) < 4.78 is 63.9. The van der Waals surface area contributed by atoms with Crippen molar-refractivity contribution in [3.63, 3.8) is 0 Å². The minimum Gasteiger partial charge on any atom is -0.318 e. The van der Waals surface area contributed by atoms with Gasteiger partial charge in [0, 0.05) is 29.7 Å². The largest absolute Gasteiger partial charge is 0.451 e. The van der Waals surface area contributed by atoms with E-state index >= 15 is 0 Å². The molecule has 0 saturated heterocycles. The van der Waals surface area contributed by atoms with Gasteiger partial charge in [-0.3, -0.25) is 4.79 Å². The lowest BCUT2D eigenvalue weighted by Gasteiger charge is -2.10. The highest BCUT2D eigenvalue weighted by atomic mass is 32.2. The summed E-state index contributed by atoms with van der Waals surface area (Å²) in [5.41, 5.74) is 2.38. The molecule has 3 aromatic rings. The second-order valence-corrected chi connectivity index (χ2v) is 9.24. The second-order valence-electron chi connectivity index (χ2n) is 6.73. The normalized spacial score (nSPS) is 12.4. The van der Waals surface area contributed by atoms with Crippen LogP contribution in [0.3, 0.4) is 0 Å². The molecule has 3 rings (SSSR count). The van der Waals surface area contributed by atoms with E-state index in [0.29, 0.717) is 16.9 Å². The van der Waals surface area contributed by atoms with Crippen LogP contribution in [-0.2, 0) is 23.2 Å². The standard InChI is InChI=1S/C18H18F3N5O3S2/c1-10-8-14(11(2)26(10)12-4-6-13(7-5-12)31(22,28)29)15(27)9-30-17-24-23-16(25(17)3)18(19,20)21/h4-8H,9H2,1-3H3,(H2,22,28,29). The first-order valence-corrected chi connectivity index (χ1v) is 11.3. The predicted molar refractivity (Wildman–Crippen MR) is 108 cm³/mol. The summed E-state index contributed by atoms with van der Waals surface area (Å²) >= 11 is 0.861. The Hall–Kier alpha value is -2.64. The number of nitrogens with two attached hydrogens (primary N) is 1. The van der Waals surface area contributed by atoms with Crippen molar-refractivity contribution in [2.75, 3.05) is 5.75 Å². The summed E-state index contributed by atoms with van der Waals surface area (Å²) in [5, 5.41) is 11.7. The summed E-state index contributed by atoms with van der Waals surface area (Å²) in [6, 6.07) is 7.55. The topological polar surface area (TPSA) is 113 Å². The van der Waals surface area contributed by atoms with Gasteiger partial charge in [0.25, 0.3) is 0 Å². The maximum absolute atomic E-state index is 12.8. The Labute approximate surface area is 180 Å². The fourth-order valence-corrected chi connectivity index (χ4v) is 4.43. The molecule has 0 spiro atoms. The van der Waals surface area contributed by atoms with Crippen molar-refractivity contribution in [2.45, 2.75) is 30.1 Å². The first-order chi connectivity index (χ1) is 14.3. The van der Waals surface area contributed by atoms with Gasteiger partial charge in [-0.25, -0.2) is 13.6 Å². The number of carbonyl (C=O) groups is 1. The van der Waals surface area contributed by atoms with Gasteiger partial charge >= 0.3 is 6.18 Å². The third-order valence-corrected chi connectivity index (χ3v) is 6.53. The van der Waals surface area contributed by atoms with Gasteiger partial charge in [-0.2, -0.15) is 13.2 Å². The summed E-state index contributed by atoms with van der Waals surface area (Å²) in [4.78, 5) is 12.7. The molecule has 0 unspecified atom stereocenters. The minimum absolute atomic E-state index is 0.0203. The van der Waals surface area contributed by atoms with Gasteiger partial charge < -0.3 is 9.13 Å². The number of primary sulfonamides is 1. The fraction of sp³-hybridized carbons (Fsp3) is 0.278. The Bertz CT molecular complexity index is 1250. The number of nitrogens with zero attached hydrogens (tertiary/aromatic N) is 4. The number of aromatic nitrogens is 4. The van der Waals surface area contributed by atoms with E-state index in [1.54, 1.807) is 36.6 Å². The molecule has 166 valence electrons. The molecule has 13 heteroatoms. The summed E-state index contributed by atoms with van der Waals surface area (Å²) in [6.45, 7) is 3.51. The van der Waals surface area contributed by atoms with E-state index in [1.807, 2.05) is 0 Å². The molecule has 2 heterocycles. The zero-order valence-electron chi connectivity index (χ0n) is 16.6. The van der Waals surface area contributed by atoms with Crippen molar-refractivity contribution in [3.8, 4) is 5.69 Å². The van der Waals surface area contributed by atoms with E-state index < -0.39 is 22.0 Å². The van der Waals surface area contributed by atoms with Crippen LogP contribution in [0, 0.1) is 13.8 Å². The van der Waals surface area contributed by atoms with Crippen LogP contribution in [0.5, 0.6) is 0 Å². The molecule has 1 aromatic carbocycles. The molecule has 0 aliphatic carbocycles. The average molecular weight is 474 g/mol. The number of halogens is 3. The Balaban J connectivity index is 1.82. The van der Waals surface area contributed by atoms with E-state index in [4.69, 9.17) is 5.14 Å². The first kappa shape index (κ1) is 23.0. The Morgan fingerprint density at radius 3 is 2.29 bits per heavy atom. The SMILES string of the molecule is Cc1cc(C(=O)CSc2nnc(C(F)(F)F)n2C)c(C)n1-c1ccc(S(N)(=O)=O)cc1. The number of alkyl halides is 3. The van der Waals surface area contributed by atoms with Crippen LogP contribution in [0.15, 0.2) is 40.4 Å². The number of aryl methyl sites for hydroxylation is 1. The van der Waals surface area contributed by atoms with Crippen molar-refractivity contribution < 1.29 is 26.4 Å². The van der Waals surface area contributed by atoms with E-state index in [2.05, 4.69) is 10.2 Å². The van der Waals surface area contributed by atoms with Crippen LogP contribution >= 0.6 is 11.8 Å². The smallest absolute Gasteiger partial charge is 0.318 e. The second kappa shape index (κ2) is 8.13. The molecular formula is C18H18F3N5O3S2. The fourth-order valence-electron chi connectivity index (χ4n) is 3.12. The molecule has 31 heavy (non-hydrogen) atoms. The van der Waals surface area contributed by atoms with Crippen LogP contribution in [-0.4, -0.2) is 39.3 Å².